The molecule has 0 bridgehead atoms. The van der Waals surface area contributed by atoms with Crippen LogP contribution in [0.1, 0.15) is 18.5 Å². The van der Waals surface area contributed by atoms with E-state index in [9.17, 15) is 14.0 Å². The van der Waals surface area contributed by atoms with Crippen LogP contribution < -0.4 is 20.1 Å². The number of amides is 2. The topological polar surface area (TPSA) is 85.9 Å². The molecule has 0 saturated heterocycles. The van der Waals surface area contributed by atoms with Gasteiger partial charge in [0.05, 0.1) is 31.0 Å². The summed E-state index contributed by atoms with van der Waals surface area (Å²) >= 11 is 0. The lowest BCUT2D eigenvalue weighted by atomic mass is 9.95. The van der Waals surface area contributed by atoms with Crippen LogP contribution in [0.3, 0.4) is 0 Å². The second-order valence-corrected chi connectivity index (χ2v) is 6.14. The molecule has 0 unspecified atom stereocenters. The second-order valence-electron chi connectivity index (χ2n) is 6.14. The van der Waals surface area contributed by atoms with Crippen molar-refractivity contribution in [2.75, 3.05) is 20.3 Å². The number of nitrogens with one attached hydrogen (secondary N) is 2. The highest BCUT2D eigenvalue weighted by atomic mass is 19.1. The number of hydrogen-bond acceptors (Lipinski definition) is 5. The zero-order chi connectivity index (χ0) is 20.8. The first-order valence-corrected chi connectivity index (χ1v) is 9.02. The summed E-state index contributed by atoms with van der Waals surface area (Å²) in [6.45, 7) is 1.63. The molecule has 7 nitrogen and oxygen atoms in total. The number of rotatable bonds is 7. The highest BCUT2D eigenvalue weighted by Crippen LogP contribution is 2.29. The van der Waals surface area contributed by atoms with Crippen LogP contribution in [0.2, 0.25) is 0 Å². The Bertz CT molecular complexity index is 927. The van der Waals surface area contributed by atoms with Gasteiger partial charge in [-0.1, -0.05) is 24.3 Å². The molecule has 8 heteroatoms. The molecule has 0 saturated carbocycles. The molecule has 2 aromatic rings. The Morgan fingerprint density at radius 1 is 1.14 bits per heavy atom. The Morgan fingerprint density at radius 3 is 2.52 bits per heavy atom. The molecule has 2 N–H and O–H groups in total. The fraction of sp³-hybridized carbons (Fsp3) is 0.238. The number of benzene rings is 2. The molecule has 2 aromatic carbocycles. The fourth-order valence-corrected chi connectivity index (χ4v) is 2.94. The maximum atomic E-state index is 13.9. The average molecular weight is 400 g/mol. The number of hydrogen-bond donors (Lipinski definition) is 2. The zero-order valence-electron chi connectivity index (χ0n) is 16.0. The van der Waals surface area contributed by atoms with E-state index in [4.69, 9.17) is 14.2 Å². The van der Waals surface area contributed by atoms with E-state index in [0.717, 1.165) is 0 Å². The highest BCUT2D eigenvalue weighted by molar-refractivity contribution is 5.95. The van der Waals surface area contributed by atoms with Crippen LogP contribution in [0.15, 0.2) is 59.8 Å². The third-order valence-electron chi connectivity index (χ3n) is 4.31. The van der Waals surface area contributed by atoms with Crippen molar-refractivity contribution in [2.45, 2.75) is 13.0 Å². The van der Waals surface area contributed by atoms with Gasteiger partial charge >= 0.3 is 12.0 Å². The molecule has 152 valence electrons. The molecule has 1 atom stereocenters. The van der Waals surface area contributed by atoms with Crippen LogP contribution in [0.25, 0.3) is 0 Å². The fourth-order valence-electron chi connectivity index (χ4n) is 2.94. The van der Waals surface area contributed by atoms with Gasteiger partial charge in [0, 0.05) is 0 Å². The zero-order valence-corrected chi connectivity index (χ0v) is 16.0. The minimum atomic E-state index is -0.757. The van der Waals surface area contributed by atoms with Gasteiger partial charge in [0.1, 0.15) is 12.4 Å². The molecule has 3 rings (SSSR count). The molecule has 29 heavy (non-hydrogen) atoms. The lowest BCUT2D eigenvalue weighted by Gasteiger charge is -2.29. The number of methoxy groups -OCH3 is 1. The summed E-state index contributed by atoms with van der Waals surface area (Å²) in [6.07, 6.45) is 0. The molecular formula is C21H21FN2O5. The maximum absolute atomic E-state index is 13.9. The summed E-state index contributed by atoms with van der Waals surface area (Å²) < 4.78 is 29.7. The Balaban J connectivity index is 1.97. The van der Waals surface area contributed by atoms with Crippen LogP contribution in [0, 0.1) is 5.82 Å². The van der Waals surface area contributed by atoms with E-state index in [2.05, 4.69) is 10.6 Å². The molecular weight excluding hydrogens is 379 g/mol. The summed E-state index contributed by atoms with van der Waals surface area (Å²) in [5, 5.41) is 5.29. The molecule has 2 amide bonds. The molecule has 0 fully saturated rings. The van der Waals surface area contributed by atoms with E-state index in [0.29, 0.717) is 11.3 Å². The molecule has 0 radical (unpaired) electrons. The van der Waals surface area contributed by atoms with Crippen molar-refractivity contribution in [2.24, 2.45) is 0 Å². The van der Waals surface area contributed by atoms with Gasteiger partial charge in [0.15, 0.2) is 11.6 Å². The number of halogens is 1. The molecule has 1 heterocycles. The van der Waals surface area contributed by atoms with E-state index in [1.807, 2.05) is 0 Å². The summed E-state index contributed by atoms with van der Waals surface area (Å²) in [5.74, 6) is -0.499. The maximum Gasteiger partial charge on any atom is 0.338 e. The van der Waals surface area contributed by atoms with Crippen molar-refractivity contribution in [1.29, 1.82) is 0 Å². The van der Waals surface area contributed by atoms with Crippen molar-refractivity contribution in [3.63, 3.8) is 0 Å². The first-order chi connectivity index (χ1) is 14.0. The molecule has 1 aliphatic heterocycles. The summed E-state index contributed by atoms with van der Waals surface area (Å²) in [5.41, 5.74) is 1.05. The summed E-state index contributed by atoms with van der Waals surface area (Å²) in [4.78, 5) is 24.9. The first kappa shape index (κ1) is 20.2. The van der Waals surface area contributed by atoms with Crippen molar-refractivity contribution in [3.8, 4) is 11.5 Å². The SMILES string of the molecule is CCOC(=O)C1=C(COc2ccccc2F)NC(=O)N[C@H]1c1ccc(OC)cc1. The third-order valence-corrected chi connectivity index (χ3v) is 4.31. The van der Waals surface area contributed by atoms with Crippen molar-refractivity contribution in [1.82, 2.24) is 10.6 Å². The Kier molecular flexibility index (Phi) is 6.33. The van der Waals surface area contributed by atoms with Gasteiger partial charge in [-0.2, -0.15) is 0 Å². The minimum Gasteiger partial charge on any atom is -0.497 e. The van der Waals surface area contributed by atoms with Crippen molar-refractivity contribution >= 4 is 12.0 Å². The van der Waals surface area contributed by atoms with E-state index < -0.39 is 23.9 Å². The predicted octanol–water partition coefficient (Wildman–Crippen LogP) is 3.08. The quantitative estimate of drug-likeness (QED) is 0.698. The summed E-state index contributed by atoms with van der Waals surface area (Å²) in [6, 6.07) is 11.6. The number of para-hydroxylation sites is 1. The summed E-state index contributed by atoms with van der Waals surface area (Å²) in [7, 11) is 1.55. The minimum absolute atomic E-state index is 0.0111. The lowest BCUT2D eigenvalue weighted by Crippen LogP contribution is -2.47. The molecule has 0 aliphatic carbocycles. The lowest BCUT2D eigenvalue weighted by molar-refractivity contribution is -0.139. The normalized spacial score (nSPS) is 16.0. The Hall–Kier alpha value is -3.55. The second kappa shape index (κ2) is 9.09. The highest BCUT2D eigenvalue weighted by Gasteiger charge is 2.34. The number of urea groups is 1. The van der Waals surface area contributed by atoms with Gasteiger partial charge in [-0.3, -0.25) is 0 Å². The van der Waals surface area contributed by atoms with Crippen LogP contribution in [-0.4, -0.2) is 32.3 Å². The third kappa shape index (κ3) is 4.66. The molecule has 0 aromatic heterocycles. The largest absolute Gasteiger partial charge is 0.497 e. The van der Waals surface area contributed by atoms with E-state index in [1.54, 1.807) is 44.4 Å². The van der Waals surface area contributed by atoms with E-state index >= 15 is 0 Å². The molecule has 1 aliphatic rings. The Morgan fingerprint density at radius 2 is 1.86 bits per heavy atom. The smallest absolute Gasteiger partial charge is 0.338 e. The van der Waals surface area contributed by atoms with E-state index in [1.165, 1.54) is 18.2 Å². The number of esters is 1. The van der Waals surface area contributed by atoms with E-state index in [-0.39, 0.29) is 30.2 Å². The van der Waals surface area contributed by atoms with Crippen LogP contribution in [0.5, 0.6) is 11.5 Å². The van der Waals surface area contributed by atoms with Gasteiger partial charge in [0.2, 0.25) is 0 Å². The van der Waals surface area contributed by atoms with Crippen molar-refractivity contribution in [3.05, 3.63) is 71.2 Å². The van der Waals surface area contributed by atoms with Crippen LogP contribution >= 0.6 is 0 Å². The van der Waals surface area contributed by atoms with Crippen molar-refractivity contribution < 1.29 is 28.2 Å². The predicted molar refractivity (Wildman–Crippen MR) is 103 cm³/mol. The van der Waals surface area contributed by atoms with Gasteiger partial charge in [0.25, 0.3) is 0 Å². The number of ether oxygens (including phenoxy) is 3. The Labute approximate surface area is 167 Å². The van der Waals surface area contributed by atoms with Gasteiger partial charge in [-0.05, 0) is 36.8 Å². The first-order valence-electron chi connectivity index (χ1n) is 9.02. The molecule has 0 spiro atoms. The van der Waals surface area contributed by atoms with Crippen LogP contribution in [-0.2, 0) is 9.53 Å². The van der Waals surface area contributed by atoms with Gasteiger partial charge < -0.3 is 24.8 Å². The van der Waals surface area contributed by atoms with Crippen LogP contribution in [0.4, 0.5) is 9.18 Å². The number of carbonyl (C=O) groups excluding carboxylic acids is 2. The average Bonchev–Trinajstić information content (AvgIpc) is 2.73. The monoisotopic (exact) mass is 400 g/mol. The van der Waals surface area contributed by atoms with Gasteiger partial charge in [-0.15, -0.1) is 0 Å². The number of carbonyl (C=O) groups is 2. The van der Waals surface area contributed by atoms with Gasteiger partial charge in [-0.25, -0.2) is 14.0 Å². The standard InChI is InChI=1S/C21H21FN2O5/c1-3-28-20(25)18-16(12-29-17-7-5-4-6-15(17)22)23-21(26)24-19(18)13-8-10-14(27-2)11-9-13/h4-11,19H,3,12H2,1-2H3,(H2,23,24,26)/t19-/m0/s1.